The third-order valence-electron chi connectivity index (χ3n) is 7.15. The molecule has 2 saturated heterocycles. The Labute approximate surface area is 171 Å². The highest BCUT2D eigenvalue weighted by Gasteiger charge is 2.55. The number of nitrogens with zero attached hydrogens (tertiary/aromatic N) is 1. The molecule has 2 amide bonds. The van der Waals surface area contributed by atoms with Gasteiger partial charge in [-0.3, -0.25) is 4.79 Å². The fourth-order valence-corrected chi connectivity index (χ4v) is 6.01. The number of alkyl carbamates (subject to hydrolysis) is 1. The van der Waals surface area contributed by atoms with Crippen LogP contribution < -0.4 is 5.32 Å². The van der Waals surface area contributed by atoms with Gasteiger partial charge in [-0.05, 0) is 62.0 Å². The molecular weight excluding hydrogens is 376 g/mol. The molecule has 3 fully saturated rings. The SMILES string of the molecule is C[C@H]1[C@@H](OC(=O)NCc2ccccc2Cl)CC[C@@]23CCCN2C(=O)CCC[C@@H]13. The molecule has 0 aromatic heterocycles. The number of ether oxygens (including phenoxy) is 1. The van der Waals surface area contributed by atoms with Crippen LogP contribution in [0.25, 0.3) is 0 Å². The summed E-state index contributed by atoms with van der Waals surface area (Å²) < 4.78 is 5.83. The minimum Gasteiger partial charge on any atom is -0.446 e. The molecule has 0 unspecified atom stereocenters. The molecule has 1 saturated carbocycles. The Morgan fingerprint density at radius 2 is 2.11 bits per heavy atom. The summed E-state index contributed by atoms with van der Waals surface area (Å²) in [6.45, 7) is 3.45. The summed E-state index contributed by atoms with van der Waals surface area (Å²) in [5.74, 6) is 0.993. The van der Waals surface area contributed by atoms with Crippen molar-refractivity contribution in [3.05, 3.63) is 34.9 Å². The van der Waals surface area contributed by atoms with Gasteiger partial charge in [0, 0.05) is 30.1 Å². The minimum absolute atomic E-state index is 0.000893. The van der Waals surface area contributed by atoms with Gasteiger partial charge in [0.25, 0.3) is 0 Å². The smallest absolute Gasteiger partial charge is 0.407 e. The largest absolute Gasteiger partial charge is 0.446 e. The molecule has 6 heteroatoms. The molecule has 1 aromatic rings. The lowest BCUT2D eigenvalue weighted by Gasteiger charge is -2.51. The van der Waals surface area contributed by atoms with Crippen LogP contribution in [0.5, 0.6) is 0 Å². The van der Waals surface area contributed by atoms with Gasteiger partial charge in [0.05, 0.1) is 0 Å². The van der Waals surface area contributed by atoms with Gasteiger partial charge in [-0.25, -0.2) is 4.79 Å². The molecule has 1 aromatic carbocycles. The van der Waals surface area contributed by atoms with E-state index in [4.69, 9.17) is 16.3 Å². The van der Waals surface area contributed by atoms with E-state index >= 15 is 0 Å². The van der Waals surface area contributed by atoms with Crippen LogP contribution in [-0.2, 0) is 16.1 Å². The van der Waals surface area contributed by atoms with Crippen molar-refractivity contribution in [3.63, 3.8) is 0 Å². The number of rotatable bonds is 3. The second kappa shape index (κ2) is 7.94. The summed E-state index contributed by atoms with van der Waals surface area (Å²) in [5.41, 5.74) is 0.876. The van der Waals surface area contributed by atoms with E-state index in [1.165, 1.54) is 0 Å². The lowest BCUT2D eigenvalue weighted by atomic mass is 9.64. The molecule has 0 radical (unpaired) electrons. The summed E-state index contributed by atoms with van der Waals surface area (Å²) in [5, 5.41) is 3.47. The van der Waals surface area contributed by atoms with E-state index in [0.717, 1.165) is 50.6 Å². The highest BCUT2D eigenvalue weighted by Crippen LogP contribution is 2.52. The average Bonchev–Trinajstić information content (AvgIpc) is 3.05. The predicted octanol–water partition coefficient (Wildman–Crippen LogP) is 4.53. The maximum atomic E-state index is 12.6. The first-order valence-electron chi connectivity index (χ1n) is 10.5. The number of halogens is 1. The third kappa shape index (κ3) is 3.49. The Bertz CT molecular complexity index is 755. The molecule has 2 aliphatic heterocycles. The van der Waals surface area contributed by atoms with Crippen LogP contribution in [-0.4, -0.2) is 35.1 Å². The Balaban J connectivity index is 1.40. The van der Waals surface area contributed by atoms with Crippen LogP contribution in [0.4, 0.5) is 4.79 Å². The van der Waals surface area contributed by atoms with E-state index in [2.05, 4.69) is 17.1 Å². The Kier molecular flexibility index (Phi) is 5.55. The van der Waals surface area contributed by atoms with Crippen LogP contribution >= 0.6 is 11.6 Å². The first-order valence-corrected chi connectivity index (χ1v) is 10.9. The number of hydrogen-bond acceptors (Lipinski definition) is 3. The van der Waals surface area contributed by atoms with Gasteiger partial charge >= 0.3 is 6.09 Å². The van der Waals surface area contributed by atoms with Gasteiger partial charge in [0.2, 0.25) is 5.91 Å². The molecule has 1 aliphatic carbocycles. The van der Waals surface area contributed by atoms with Gasteiger partial charge in [-0.2, -0.15) is 0 Å². The van der Waals surface area contributed by atoms with Crippen molar-refractivity contribution >= 4 is 23.6 Å². The van der Waals surface area contributed by atoms with E-state index in [1.807, 2.05) is 24.3 Å². The van der Waals surface area contributed by atoms with E-state index in [9.17, 15) is 9.59 Å². The average molecular weight is 405 g/mol. The molecule has 4 atom stereocenters. The maximum absolute atomic E-state index is 12.6. The quantitative estimate of drug-likeness (QED) is 0.805. The van der Waals surface area contributed by atoms with E-state index < -0.39 is 0 Å². The monoisotopic (exact) mass is 404 g/mol. The first-order chi connectivity index (χ1) is 13.5. The van der Waals surface area contributed by atoms with Gasteiger partial charge in [0.1, 0.15) is 6.10 Å². The van der Waals surface area contributed by atoms with Crippen LogP contribution in [0, 0.1) is 11.8 Å². The Hall–Kier alpha value is -1.75. The molecule has 3 aliphatic rings. The number of hydrogen-bond donors (Lipinski definition) is 1. The number of carbonyl (C=O) groups is 2. The van der Waals surface area contributed by atoms with Crippen molar-refractivity contribution < 1.29 is 14.3 Å². The van der Waals surface area contributed by atoms with Gasteiger partial charge in [0.15, 0.2) is 0 Å². The van der Waals surface area contributed by atoms with Crippen molar-refractivity contribution in [2.45, 2.75) is 70.1 Å². The highest BCUT2D eigenvalue weighted by molar-refractivity contribution is 6.31. The van der Waals surface area contributed by atoms with E-state index in [0.29, 0.717) is 29.8 Å². The molecule has 152 valence electrons. The summed E-state index contributed by atoms with van der Waals surface area (Å²) in [6.07, 6.45) is 6.12. The summed E-state index contributed by atoms with van der Waals surface area (Å²) in [7, 11) is 0. The summed E-state index contributed by atoms with van der Waals surface area (Å²) >= 11 is 6.15. The minimum atomic E-state index is -0.388. The molecule has 5 nitrogen and oxygen atoms in total. The standard InChI is InChI=1S/C22H29ClN2O3/c1-15-17-7-4-9-20(26)25-13-5-11-22(17,25)12-10-19(15)28-21(27)24-14-16-6-2-3-8-18(16)23/h2-3,6,8,15,17,19H,4-5,7,9-14H2,1H3,(H,24,27)/t15-,17+,19+,22-/m1/s1. The highest BCUT2D eigenvalue weighted by atomic mass is 35.5. The zero-order valence-electron chi connectivity index (χ0n) is 16.5. The van der Waals surface area contributed by atoms with Gasteiger partial charge in [-0.1, -0.05) is 36.7 Å². The van der Waals surface area contributed by atoms with Crippen LogP contribution in [0.3, 0.4) is 0 Å². The summed E-state index contributed by atoms with van der Waals surface area (Å²) in [4.78, 5) is 27.2. The lowest BCUT2D eigenvalue weighted by Crippen LogP contribution is -2.58. The Morgan fingerprint density at radius 3 is 2.93 bits per heavy atom. The Morgan fingerprint density at radius 1 is 1.29 bits per heavy atom. The molecule has 2 heterocycles. The molecule has 1 N–H and O–H groups in total. The second-order valence-electron chi connectivity index (χ2n) is 8.54. The number of nitrogens with one attached hydrogen (secondary N) is 1. The fraction of sp³-hybridized carbons (Fsp3) is 0.636. The molecule has 0 bridgehead atoms. The zero-order chi connectivity index (χ0) is 19.7. The normalized spacial score (nSPS) is 32.3. The van der Waals surface area contributed by atoms with Crippen molar-refractivity contribution in [1.82, 2.24) is 10.2 Å². The molecule has 28 heavy (non-hydrogen) atoms. The first kappa shape index (κ1) is 19.6. The third-order valence-corrected chi connectivity index (χ3v) is 7.52. The van der Waals surface area contributed by atoms with Crippen LogP contribution in [0.2, 0.25) is 5.02 Å². The van der Waals surface area contributed by atoms with Gasteiger partial charge < -0.3 is 15.0 Å². The second-order valence-corrected chi connectivity index (χ2v) is 8.94. The number of benzene rings is 1. The van der Waals surface area contributed by atoms with E-state index in [-0.39, 0.29) is 23.7 Å². The van der Waals surface area contributed by atoms with Crippen LogP contribution in [0.1, 0.15) is 57.4 Å². The predicted molar refractivity (Wildman–Crippen MR) is 108 cm³/mol. The summed E-state index contributed by atoms with van der Waals surface area (Å²) in [6, 6.07) is 7.48. The topological polar surface area (TPSA) is 58.6 Å². The van der Waals surface area contributed by atoms with Crippen LogP contribution in [0.15, 0.2) is 24.3 Å². The maximum Gasteiger partial charge on any atom is 0.407 e. The zero-order valence-corrected chi connectivity index (χ0v) is 17.2. The van der Waals surface area contributed by atoms with E-state index in [1.54, 1.807) is 0 Å². The van der Waals surface area contributed by atoms with Crippen molar-refractivity contribution in [1.29, 1.82) is 0 Å². The molecule has 1 spiro atoms. The number of amides is 2. The van der Waals surface area contributed by atoms with Gasteiger partial charge in [-0.15, -0.1) is 0 Å². The van der Waals surface area contributed by atoms with Crippen molar-refractivity contribution in [3.8, 4) is 0 Å². The lowest BCUT2D eigenvalue weighted by molar-refractivity contribution is -0.140. The molecule has 4 rings (SSSR count). The molecular formula is C22H29ClN2O3. The van der Waals surface area contributed by atoms with Crippen molar-refractivity contribution in [2.24, 2.45) is 11.8 Å². The van der Waals surface area contributed by atoms with Crippen molar-refractivity contribution in [2.75, 3.05) is 6.54 Å². The fourth-order valence-electron chi connectivity index (χ4n) is 5.80. The number of carbonyl (C=O) groups excluding carboxylic acids is 2.